The summed E-state index contributed by atoms with van der Waals surface area (Å²) in [6.07, 6.45) is 20.0. The summed E-state index contributed by atoms with van der Waals surface area (Å²) >= 11 is 0. The van der Waals surface area contributed by atoms with Gasteiger partial charge in [-0.15, -0.1) is 0 Å². The average molecular weight is 423 g/mol. The summed E-state index contributed by atoms with van der Waals surface area (Å²) in [6.45, 7) is 5.86. The van der Waals surface area contributed by atoms with Crippen molar-refractivity contribution in [2.24, 2.45) is 0 Å². The van der Waals surface area contributed by atoms with Crippen LogP contribution in [0.4, 0.5) is 0 Å². The largest absolute Gasteiger partial charge is 0.378 e. The van der Waals surface area contributed by atoms with Crippen molar-refractivity contribution in [2.75, 3.05) is 0 Å². The number of Topliss-reactive ketones (excluding diaryl/α,β-unsaturated/α-hetero) is 1. The molecule has 1 heterocycles. The van der Waals surface area contributed by atoms with Gasteiger partial charge in [-0.05, 0) is 6.42 Å². The molecule has 170 valence electrons. The second kappa shape index (κ2) is 16.8. The molecule has 0 fully saturated rings. The van der Waals surface area contributed by atoms with Crippen molar-refractivity contribution in [3.8, 4) is 0 Å². The van der Waals surface area contributed by atoms with Gasteiger partial charge in [0.1, 0.15) is 0 Å². The molecule has 0 amide bonds. The van der Waals surface area contributed by atoms with Crippen molar-refractivity contribution in [2.45, 2.75) is 110 Å². The van der Waals surface area contributed by atoms with Gasteiger partial charge in [-0.2, -0.15) is 0 Å². The number of hydrogen-bond donors (Lipinski definition) is 0. The molecule has 1 aliphatic rings. The first-order valence-corrected chi connectivity index (χ1v) is 11.6. The van der Waals surface area contributed by atoms with E-state index in [-0.39, 0.29) is 23.4 Å². The van der Waals surface area contributed by atoms with Crippen molar-refractivity contribution in [1.29, 1.82) is 0 Å². The van der Waals surface area contributed by atoms with Crippen LogP contribution < -0.4 is 0 Å². The Morgan fingerprint density at radius 3 is 1.73 bits per heavy atom. The van der Waals surface area contributed by atoms with Gasteiger partial charge in [-0.25, -0.2) is 9.59 Å². The van der Waals surface area contributed by atoms with Crippen LogP contribution in [0.5, 0.6) is 0 Å². The number of unbranched alkanes of at least 4 members (excludes halogenated alkanes) is 14. The van der Waals surface area contributed by atoms with Crippen LogP contribution in [-0.4, -0.2) is 17.7 Å². The van der Waals surface area contributed by atoms with E-state index in [1.54, 1.807) is 0 Å². The van der Waals surface area contributed by atoms with Gasteiger partial charge in [0.2, 0.25) is 0 Å². The molecule has 0 saturated carbocycles. The molecule has 0 aliphatic carbocycles. The highest BCUT2D eigenvalue weighted by atomic mass is 17.5. The molecular formula is C24H38O6. The Morgan fingerprint density at radius 2 is 1.23 bits per heavy atom. The van der Waals surface area contributed by atoms with Crippen LogP contribution in [-0.2, 0) is 29.2 Å². The second-order valence-electron chi connectivity index (χ2n) is 8.00. The van der Waals surface area contributed by atoms with Crippen molar-refractivity contribution in [1.82, 2.24) is 0 Å². The molecule has 0 unspecified atom stereocenters. The van der Waals surface area contributed by atoms with Crippen molar-refractivity contribution in [3.63, 3.8) is 0 Å². The summed E-state index contributed by atoms with van der Waals surface area (Å²) in [5, 5.41) is 3.97. The Kier molecular flexibility index (Phi) is 14.6. The van der Waals surface area contributed by atoms with Crippen LogP contribution in [0.2, 0.25) is 0 Å². The molecule has 6 nitrogen and oxygen atoms in total. The quantitative estimate of drug-likeness (QED) is 0.148. The minimum absolute atomic E-state index is 0.0483. The Hall–Kier alpha value is -1.95. The molecule has 0 N–H and O–H groups in total. The highest BCUT2D eigenvalue weighted by molar-refractivity contribution is 6.12. The molecule has 1 aliphatic heterocycles. The average Bonchev–Trinajstić information content (AvgIpc) is 2.90. The third-order valence-electron chi connectivity index (χ3n) is 5.38. The minimum Gasteiger partial charge on any atom is -0.294 e. The van der Waals surface area contributed by atoms with E-state index in [0.29, 0.717) is 0 Å². The third kappa shape index (κ3) is 11.9. The summed E-state index contributed by atoms with van der Waals surface area (Å²) in [5.74, 6) is -2.16. The van der Waals surface area contributed by atoms with E-state index < -0.39 is 11.9 Å². The molecule has 1 rings (SSSR count). The zero-order valence-corrected chi connectivity index (χ0v) is 18.5. The van der Waals surface area contributed by atoms with E-state index in [2.05, 4.69) is 28.3 Å². The highest BCUT2D eigenvalue weighted by Crippen LogP contribution is 2.18. The highest BCUT2D eigenvalue weighted by Gasteiger charge is 2.26. The molecule has 0 atom stereocenters. The lowest BCUT2D eigenvalue weighted by Crippen LogP contribution is -2.13. The summed E-state index contributed by atoms with van der Waals surface area (Å²) in [4.78, 5) is 43.5. The molecule has 0 aromatic heterocycles. The maximum absolute atomic E-state index is 12.2. The number of rotatable bonds is 18. The van der Waals surface area contributed by atoms with E-state index >= 15 is 0 Å². The molecule has 0 spiro atoms. The Balaban J connectivity index is 1.98. The fourth-order valence-corrected chi connectivity index (χ4v) is 3.50. The second-order valence-corrected chi connectivity index (χ2v) is 8.00. The molecule has 6 heteroatoms. The van der Waals surface area contributed by atoms with Gasteiger partial charge in [0.15, 0.2) is 5.78 Å². The summed E-state index contributed by atoms with van der Waals surface area (Å²) in [7, 11) is 0. The number of carbonyl (C=O) groups is 3. The summed E-state index contributed by atoms with van der Waals surface area (Å²) in [5.41, 5.74) is -0.267. The molecule has 30 heavy (non-hydrogen) atoms. The van der Waals surface area contributed by atoms with Gasteiger partial charge < -0.3 is 0 Å². The van der Waals surface area contributed by atoms with Crippen LogP contribution >= 0.6 is 0 Å². The van der Waals surface area contributed by atoms with Gasteiger partial charge in [0, 0.05) is 23.1 Å². The fourth-order valence-electron chi connectivity index (χ4n) is 3.50. The van der Waals surface area contributed by atoms with Crippen LogP contribution in [0.15, 0.2) is 23.8 Å². The van der Waals surface area contributed by atoms with Crippen molar-refractivity contribution < 1.29 is 29.2 Å². The maximum Gasteiger partial charge on any atom is 0.378 e. The van der Waals surface area contributed by atoms with E-state index in [1.165, 1.54) is 77.0 Å². The minimum atomic E-state index is -0.962. The predicted molar refractivity (Wildman–Crippen MR) is 115 cm³/mol. The first kappa shape index (κ1) is 26.1. The van der Waals surface area contributed by atoms with Crippen LogP contribution in [0, 0.1) is 0 Å². The van der Waals surface area contributed by atoms with Gasteiger partial charge in [-0.1, -0.05) is 103 Å². The van der Waals surface area contributed by atoms with Crippen molar-refractivity contribution in [3.05, 3.63) is 23.8 Å². The first-order valence-electron chi connectivity index (χ1n) is 11.6. The van der Waals surface area contributed by atoms with Gasteiger partial charge in [0.05, 0.1) is 5.57 Å². The van der Waals surface area contributed by atoms with Gasteiger partial charge >= 0.3 is 11.9 Å². The maximum atomic E-state index is 12.2. The number of ketones is 1. The van der Waals surface area contributed by atoms with Gasteiger partial charge in [-0.3, -0.25) is 14.6 Å². The van der Waals surface area contributed by atoms with Crippen LogP contribution in [0.1, 0.15) is 110 Å². The topological polar surface area (TPSA) is 78.9 Å². The SMILES string of the molecule is C=C(C(=O)CCCCCCCCCCCCCCCCC)C1=CC(=O)OOOC1=O. The molecule has 0 aromatic carbocycles. The normalized spacial score (nSPS) is 14.0. The molecule has 0 saturated heterocycles. The zero-order chi connectivity index (χ0) is 22.0. The molecule has 0 bridgehead atoms. The number of hydrogen-bond acceptors (Lipinski definition) is 6. The lowest BCUT2D eigenvalue weighted by Gasteiger charge is -2.06. The monoisotopic (exact) mass is 422 g/mol. The van der Waals surface area contributed by atoms with E-state index in [4.69, 9.17) is 0 Å². The van der Waals surface area contributed by atoms with Crippen LogP contribution in [0.25, 0.3) is 0 Å². The summed E-state index contributed by atoms with van der Waals surface area (Å²) < 4.78 is 0. The zero-order valence-electron chi connectivity index (χ0n) is 18.5. The molecule has 0 radical (unpaired) electrons. The third-order valence-corrected chi connectivity index (χ3v) is 5.38. The van der Waals surface area contributed by atoms with E-state index in [1.807, 2.05) is 0 Å². The fraction of sp³-hybridized carbons (Fsp3) is 0.708. The smallest absolute Gasteiger partial charge is 0.294 e. The summed E-state index contributed by atoms with van der Waals surface area (Å²) in [6, 6.07) is 0. The van der Waals surface area contributed by atoms with Crippen molar-refractivity contribution >= 4 is 17.7 Å². The standard InChI is InChI=1S/C24H38O6/c1-3-4-5-6-7-8-9-10-11-12-13-14-15-16-17-18-22(25)20(2)21-19-23(26)28-30-29-24(21)27/h19H,2-18H2,1H3. The Bertz CT molecular complexity index is 578. The predicted octanol–water partition coefficient (Wildman–Crippen LogP) is 6.25. The van der Waals surface area contributed by atoms with Gasteiger partial charge in [0.25, 0.3) is 0 Å². The lowest BCUT2D eigenvalue weighted by atomic mass is 9.98. The Morgan fingerprint density at radius 1 is 0.767 bits per heavy atom. The van der Waals surface area contributed by atoms with E-state index in [0.717, 1.165) is 25.3 Å². The number of carbonyl (C=O) groups excluding carboxylic acids is 3. The first-order chi connectivity index (χ1) is 14.6. The Labute approximate surface area is 180 Å². The van der Waals surface area contributed by atoms with E-state index in [9.17, 15) is 14.4 Å². The lowest BCUT2D eigenvalue weighted by molar-refractivity contribution is -0.454. The molecule has 0 aromatic rings. The molecular weight excluding hydrogens is 384 g/mol. The van der Waals surface area contributed by atoms with Crippen LogP contribution in [0.3, 0.4) is 0 Å².